The predicted octanol–water partition coefficient (Wildman–Crippen LogP) is 3.75. The molecule has 1 fully saturated rings. The number of anilines is 1. The number of hydrogen-bond donors (Lipinski definition) is 4. The molecule has 0 bridgehead atoms. The second kappa shape index (κ2) is 9.03. The number of hydrogen-bond acceptors (Lipinski definition) is 6. The van der Waals surface area contributed by atoms with Gasteiger partial charge in [0.05, 0.1) is 42.5 Å². The Morgan fingerprint density at radius 1 is 1.24 bits per heavy atom. The fourth-order valence-electron chi connectivity index (χ4n) is 5.57. The van der Waals surface area contributed by atoms with Crippen molar-refractivity contribution < 1.29 is 42.8 Å². The van der Waals surface area contributed by atoms with Crippen molar-refractivity contribution in [1.82, 2.24) is 4.57 Å². The van der Waals surface area contributed by atoms with Gasteiger partial charge in [0.25, 0.3) is 0 Å². The zero-order chi connectivity index (χ0) is 27.6. The third-order valence-electron chi connectivity index (χ3n) is 7.92. The van der Waals surface area contributed by atoms with Crippen molar-refractivity contribution in [2.24, 2.45) is 17.3 Å². The van der Waals surface area contributed by atoms with Crippen molar-refractivity contribution in [3.05, 3.63) is 53.4 Å². The number of fused-ring (bicyclic) bond motifs is 1. The highest BCUT2D eigenvalue weighted by Crippen LogP contribution is 2.59. The summed E-state index contributed by atoms with van der Waals surface area (Å²) >= 11 is 0. The highest BCUT2D eigenvalue weighted by molar-refractivity contribution is 5.99. The predicted molar refractivity (Wildman–Crippen MR) is 131 cm³/mol. The Bertz CT molecular complexity index is 1340. The third kappa shape index (κ3) is 4.36. The smallest absolute Gasteiger partial charge is 0.400 e. The van der Waals surface area contributed by atoms with Crippen molar-refractivity contribution in [2.45, 2.75) is 58.0 Å². The number of allylic oxidation sites excluding steroid dienone is 3. The normalized spacial score (nSPS) is 24.1. The first-order chi connectivity index (χ1) is 17.8. The topological polar surface area (TPSA) is 113 Å². The molecule has 0 spiro atoms. The van der Waals surface area contributed by atoms with Crippen LogP contribution in [0.4, 0.5) is 18.9 Å². The minimum Gasteiger partial charge on any atom is -0.400 e. The monoisotopic (exact) mass is 536 g/mol. The minimum absolute atomic E-state index is 0.000362. The Hall–Kier alpha value is -3.02. The van der Waals surface area contributed by atoms with Crippen LogP contribution in [0.2, 0.25) is 0 Å². The van der Waals surface area contributed by atoms with Crippen LogP contribution in [0.25, 0.3) is 10.9 Å². The van der Waals surface area contributed by atoms with Crippen molar-refractivity contribution in [2.75, 3.05) is 18.5 Å². The number of halogens is 3. The van der Waals surface area contributed by atoms with E-state index in [-0.39, 0.29) is 30.4 Å². The Labute approximate surface area is 217 Å². The molecule has 5 rings (SSSR count). The van der Waals surface area contributed by atoms with E-state index >= 15 is 4.39 Å². The lowest BCUT2D eigenvalue weighted by Gasteiger charge is -2.30. The van der Waals surface area contributed by atoms with Gasteiger partial charge in [0.2, 0.25) is 5.91 Å². The SMILES string of the molecule is CC1C2=C(C=CC1C1(C(=O)Nc3cc4cc(C(C)(C)CO)n(C[C@@H](O)CO)c4cc3F)CC1)OC(F)(F)O2. The maximum Gasteiger partial charge on any atom is 0.585 e. The van der Waals surface area contributed by atoms with Crippen molar-refractivity contribution in [3.8, 4) is 0 Å². The van der Waals surface area contributed by atoms with Crippen LogP contribution in [0.15, 0.2) is 41.9 Å². The van der Waals surface area contributed by atoms with Crippen LogP contribution in [-0.2, 0) is 26.2 Å². The van der Waals surface area contributed by atoms with Crippen LogP contribution in [0, 0.1) is 23.1 Å². The zero-order valence-corrected chi connectivity index (χ0v) is 21.3. The molecule has 0 saturated heterocycles. The number of carbonyl (C=O) groups excluding carboxylic acids is 1. The number of nitrogens with one attached hydrogen (secondary N) is 1. The summed E-state index contributed by atoms with van der Waals surface area (Å²) < 4.78 is 53.4. The van der Waals surface area contributed by atoms with E-state index in [2.05, 4.69) is 10.1 Å². The maximum atomic E-state index is 15.3. The summed E-state index contributed by atoms with van der Waals surface area (Å²) in [5, 5.41) is 32.6. The summed E-state index contributed by atoms with van der Waals surface area (Å²) in [6.07, 6.45) is -0.752. The number of aliphatic hydroxyl groups excluding tert-OH is 3. The van der Waals surface area contributed by atoms with Gasteiger partial charge in [-0.1, -0.05) is 26.8 Å². The van der Waals surface area contributed by atoms with Gasteiger partial charge in [-0.15, -0.1) is 8.78 Å². The molecule has 3 atom stereocenters. The summed E-state index contributed by atoms with van der Waals surface area (Å²) in [6, 6.07) is 4.50. The van der Waals surface area contributed by atoms with Gasteiger partial charge >= 0.3 is 6.29 Å². The lowest BCUT2D eigenvalue weighted by Crippen LogP contribution is -2.35. The zero-order valence-electron chi connectivity index (χ0n) is 21.3. The molecule has 38 heavy (non-hydrogen) atoms. The molecule has 2 heterocycles. The van der Waals surface area contributed by atoms with Gasteiger partial charge in [0, 0.05) is 34.4 Å². The molecular formula is C27H31F3N2O6. The van der Waals surface area contributed by atoms with Crippen molar-refractivity contribution in [1.29, 1.82) is 0 Å². The molecule has 206 valence electrons. The molecule has 0 radical (unpaired) electrons. The molecule has 1 aromatic heterocycles. The number of carbonyl (C=O) groups is 1. The fraction of sp³-hybridized carbons (Fsp3) is 0.519. The van der Waals surface area contributed by atoms with Gasteiger partial charge < -0.3 is 34.7 Å². The Kier molecular flexibility index (Phi) is 6.32. The second-order valence-corrected chi connectivity index (χ2v) is 11.1. The number of rotatable bonds is 8. The number of alkyl halides is 2. The van der Waals surface area contributed by atoms with E-state index in [0.29, 0.717) is 29.4 Å². The lowest BCUT2D eigenvalue weighted by molar-refractivity contribution is -0.338. The number of ether oxygens (including phenoxy) is 2. The summed E-state index contributed by atoms with van der Waals surface area (Å²) in [4.78, 5) is 13.5. The second-order valence-electron chi connectivity index (χ2n) is 11.1. The number of amides is 1. The van der Waals surface area contributed by atoms with Gasteiger partial charge in [-0.3, -0.25) is 4.79 Å². The summed E-state index contributed by atoms with van der Waals surface area (Å²) in [6.45, 7) is 4.59. The Morgan fingerprint density at radius 3 is 2.58 bits per heavy atom. The van der Waals surface area contributed by atoms with Gasteiger partial charge in [0.1, 0.15) is 5.82 Å². The van der Waals surface area contributed by atoms with E-state index in [1.807, 2.05) is 0 Å². The van der Waals surface area contributed by atoms with E-state index in [9.17, 15) is 28.9 Å². The Morgan fingerprint density at radius 2 is 1.95 bits per heavy atom. The molecule has 1 aliphatic heterocycles. The average molecular weight is 537 g/mol. The molecular weight excluding hydrogens is 505 g/mol. The lowest BCUT2D eigenvalue weighted by atomic mass is 9.75. The molecule has 2 aromatic rings. The molecule has 4 N–H and O–H groups in total. The van der Waals surface area contributed by atoms with Gasteiger partial charge in [0.15, 0.2) is 11.5 Å². The van der Waals surface area contributed by atoms with Gasteiger partial charge in [-0.25, -0.2) is 4.39 Å². The van der Waals surface area contributed by atoms with Crippen molar-refractivity contribution >= 4 is 22.5 Å². The number of aliphatic hydroxyl groups is 3. The standard InChI is InChI=1S/C27H31F3N2O6/c1-14-17(4-5-21-23(14)38-27(29,30)37-21)26(6-7-26)24(36)31-19-8-15-9-22(25(2,3)13-34)32(11-16(35)12-33)20(15)10-18(19)28/h4-5,8-10,14,16-17,33-35H,6-7,11-13H2,1-3H3,(H,31,36)/t14?,16-,17?/m1/s1. The first-order valence-corrected chi connectivity index (χ1v) is 12.5. The molecule has 3 aliphatic rings. The number of aromatic nitrogens is 1. The van der Waals surface area contributed by atoms with Gasteiger partial charge in [-0.05, 0) is 31.1 Å². The first kappa shape index (κ1) is 26.6. The molecule has 11 heteroatoms. The molecule has 1 saturated carbocycles. The molecule has 1 amide bonds. The van der Waals surface area contributed by atoms with Crippen LogP contribution >= 0.6 is 0 Å². The summed E-state index contributed by atoms with van der Waals surface area (Å²) in [5.41, 5.74) is -0.607. The first-order valence-electron chi connectivity index (χ1n) is 12.5. The number of nitrogens with zero attached hydrogens (tertiary/aromatic N) is 1. The van der Waals surface area contributed by atoms with Crippen LogP contribution in [0.1, 0.15) is 39.3 Å². The largest absolute Gasteiger partial charge is 0.585 e. The van der Waals surface area contributed by atoms with Crippen LogP contribution < -0.4 is 5.32 Å². The Balaban J connectivity index is 1.43. The van der Waals surface area contributed by atoms with E-state index in [0.717, 1.165) is 0 Å². The third-order valence-corrected chi connectivity index (χ3v) is 7.92. The van der Waals surface area contributed by atoms with Crippen LogP contribution in [0.3, 0.4) is 0 Å². The van der Waals surface area contributed by atoms with E-state index in [1.54, 1.807) is 37.5 Å². The van der Waals surface area contributed by atoms with E-state index in [4.69, 9.17) is 4.74 Å². The van der Waals surface area contributed by atoms with Gasteiger partial charge in [-0.2, -0.15) is 0 Å². The van der Waals surface area contributed by atoms with E-state index in [1.165, 1.54) is 18.2 Å². The summed E-state index contributed by atoms with van der Waals surface area (Å²) in [5.74, 6) is -2.15. The fourth-order valence-corrected chi connectivity index (χ4v) is 5.57. The number of benzene rings is 1. The average Bonchev–Trinajstić information content (AvgIpc) is 3.50. The quantitative estimate of drug-likeness (QED) is 0.409. The molecule has 2 unspecified atom stereocenters. The highest BCUT2D eigenvalue weighted by atomic mass is 19.3. The van der Waals surface area contributed by atoms with E-state index < -0.39 is 53.4 Å². The van der Waals surface area contributed by atoms with Crippen LogP contribution in [0.5, 0.6) is 0 Å². The minimum atomic E-state index is -3.75. The molecule has 1 aromatic carbocycles. The highest BCUT2D eigenvalue weighted by Gasteiger charge is 2.59. The molecule has 2 aliphatic carbocycles. The summed E-state index contributed by atoms with van der Waals surface area (Å²) in [7, 11) is 0. The van der Waals surface area contributed by atoms with Crippen LogP contribution in [-0.4, -0.2) is 51.4 Å². The van der Waals surface area contributed by atoms with Crippen molar-refractivity contribution in [3.63, 3.8) is 0 Å². The maximum absolute atomic E-state index is 15.3. The molecule has 8 nitrogen and oxygen atoms in total.